The summed E-state index contributed by atoms with van der Waals surface area (Å²) < 4.78 is 0.698. The number of hydrogen-bond donors (Lipinski definition) is 3. The molecule has 0 aliphatic heterocycles. The fraction of sp³-hybridized carbons (Fsp3) is 0. The smallest absolute Gasteiger partial charge is 0.337 e. The maximum absolute atomic E-state index is 12.0. The van der Waals surface area contributed by atoms with Crippen molar-refractivity contribution in [1.82, 2.24) is 4.98 Å². The summed E-state index contributed by atoms with van der Waals surface area (Å²) >= 11 is 14.9. The van der Waals surface area contributed by atoms with Crippen LogP contribution in [0.5, 0.6) is 0 Å². The number of aromatic nitrogens is 1. The molecule has 0 bridgehead atoms. The topological polar surface area (TPSA) is 82.2 Å². The first-order valence-corrected chi connectivity index (χ1v) is 6.81. The molecule has 2 rings (SSSR count). The van der Waals surface area contributed by atoms with E-state index in [2.05, 4.69) is 26.2 Å². The summed E-state index contributed by atoms with van der Waals surface area (Å²) in [5.74, 6) is -1.75. The number of carboxylic acid groups (broad SMARTS) is 1. The summed E-state index contributed by atoms with van der Waals surface area (Å²) in [6.07, 6.45) is 1.58. The molecule has 0 atom stereocenters. The molecule has 1 aromatic heterocycles. The predicted octanol–water partition coefficient (Wildman–Crippen LogP) is 4.03. The highest BCUT2D eigenvalue weighted by atomic mass is 79.9. The Hall–Kier alpha value is -1.50. The lowest BCUT2D eigenvalue weighted by Gasteiger charge is -2.10. The van der Waals surface area contributed by atoms with E-state index in [-0.39, 0.29) is 27.0 Å². The van der Waals surface area contributed by atoms with Gasteiger partial charge in [-0.15, -0.1) is 0 Å². The Morgan fingerprint density at radius 2 is 1.95 bits per heavy atom. The van der Waals surface area contributed by atoms with E-state index in [0.717, 1.165) is 0 Å². The van der Waals surface area contributed by atoms with Crippen LogP contribution in [-0.2, 0) is 0 Å². The van der Waals surface area contributed by atoms with Crippen LogP contribution in [0.1, 0.15) is 20.8 Å². The van der Waals surface area contributed by atoms with Gasteiger partial charge in [-0.25, -0.2) is 4.79 Å². The number of carbonyl (C=O) groups is 2. The number of benzene rings is 1. The number of carbonyl (C=O) groups excluding carboxylic acids is 1. The zero-order valence-corrected chi connectivity index (χ0v) is 12.8. The van der Waals surface area contributed by atoms with Gasteiger partial charge >= 0.3 is 5.97 Å². The summed E-state index contributed by atoms with van der Waals surface area (Å²) in [4.78, 5) is 25.9. The summed E-state index contributed by atoms with van der Waals surface area (Å²) in [6, 6.07) is 4.13. The zero-order valence-electron chi connectivity index (χ0n) is 9.71. The van der Waals surface area contributed by atoms with E-state index in [9.17, 15) is 9.59 Å². The molecule has 0 radical (unpaired) electrons. The Labute approximate surface area is 132 Å². The van der Waals surface area contributed by atoms with Gasteiger partial charge in [0.15, 0.2) is 0 Å². The second kappa shape index (κ2) is 5.87. The molecule has 1 aromatic carbocycles. The van der Waals surface area contributed by atoms with Gasteiger partial charge in [-0.1, -0.05) is 23.2 Å². The maximum Gasteiger partial charge on any atom is 0.337 e. The van der Waals surface area contributed by atoms with Crippen molar-refractivity contribution < 1.29 is 14.7 Å². The van der Waals surface area contributed by atoms with E-state index in [1.54, 1.807) is 12.3 Å². The Balaban J connectivity index is 2.38. The van der Waals surface area contributed by atoms with Crippen LogP contribution in [0.2, 0.25) is 10.0 Å². The highest BCUT2D eigenvalue weighted by Gasteiger charge is 2.18. The van der Waals surface area contributed by atoms with E-state index < -0.39 is 11.9 Å². The quantitative estimate of drug-likeness (QED) is 0.754. The van der Waals surface area contributed by atoms with Gasteiger partial charge in [-0.3, -0.25) is 4.79 Å². The minimum atomic E-state index is -1.24. The molecule has 104 valence electrons. The van der Waals surface area contributed by atoms with Crippen molar-refractivity contribution in [2.45, 2.75) is 0 Å². The van der Waals surface area contributed by atoms with E-state index in [0.29, 0.717) is 4.47 Å². The lowest BCUT2D eigenvalue weighted by Crippen LogP contribution is -2.15. The number of aromatic amines is 1. The number of H-pyrrole nitrogens is 1. The van der Waals surface area contributed by atoms with Crippen molar-refractivity contribution in [2.24, 2.45) is 0 Å². The van der Waals surface area contributed by atoms with Crippen molar-refractivity contribution in [3.63, 3.8) is 0 Å². The number of amides is 1. The highest BCUT2D eigenvalue weighted by Crippen LogP contribution is 2.30. The predicted molar refractivity (Wildman–Crippen MR) is 79.9 cm³/mol. The van der Waals surface area contributed by atoms with Crippen LogP contribution in [0.4, 0.5) is 5.69 Å². The number of aromatic carboxylic acids is 1. The van der Waals surface area contributed by atoms with E-state index >= 15 is 0 Å². The minimum absolute atomic E-state index is 0.000658. The molecule has 1 heterocycles. The van der Waals surface area contributed by atoms with Gasteiger partial charge in [0.05, 0.1) is 16.3 Å². The number of carboxylic acids is 1. The fourth-order valence-corrected chi connectivity index (χ4v) is 2.43. The average Bonchev–Trinajstić information content (AvgIpc) is 2.78. The largest absolute Gasteiger partial charge is 0.478 e. The number of anilines is 1. The minimum Gasteiger partial charge on any atom is -0.478 e. The molecular weight excluding hydrogens is 371 g/mol. The Morgan fingerprint density at radius 1 is 1.25 bits per heavy atom. The molecule has 0 saturated carbocycles. The van der Waals surface area contributed by atoms with Crippen LogP contribution >= 0.6 is 39.1 Å². The summed E-state index contributed by atoms with van der Waals surface area (Å²) in [6.45, 7) is 0. The second-order valence-electron chi connectivity index (χ2n) is 3.80. The SMILES string of the molecule is O=C(Nc1c(Cl)cc(Cl)cc1C(=O)O)c1cc(Br)c[nH]1. The Bertz CT molecular complexity index is 700. The summed E-state index contributed by atoms with van der Waals surface area (Å²) in [5.41, 5.74) is 0.0833. The van der Waals surface area contributed by atoms with Gasteiger partial charge in [0.25, 0.3) is 5.91 Å². The van der Waals surface area contributed by atoms with Crippen molar-refractivity contribution >= 4 is 56.7 Å². The van der Waals surface area contributed by atoms with E-state index in [1.165, 1.54) is 12.1 Å². The monoisotopic (exact) mass is 376 g/mol. The van der Waals surface area contributed by atoms with Gasteiger partial charge in [0.1, 0.15) is 5.69 Å². The maximum atomic E-state index is 12.0. The van der Waals surface area contributed by atoms with Crippen LogP contribution in [0.3, 0.4) is 0 Å². The lowest BCUT2D eigenvalue weighted by molar-refractivity contribution is 0.0698. The molecular formula is C12H7BrCl2N2O3. The van der Waals surface area contributed by atoms with Crippen LogP contribution < -0.4 is 5.32 Å². The first-order valence-electron chi connectivity index (χ1n) is 5.26. The number of rotatable bonds is 3. The molecule has 1 amide bonds. The molecule has 2 aromatic rings. The molecule has 5 nitrogen and oxygen atoms in total. The van der Waals surface area contributed by atoms with Gasteiger partial charge in [0, 0.05) is 15.7 Å². The third-order valence-corrected chi connectivity index (χ3v) is 3.39. The molecule has 0 aliphatic rings. The van der Waals surface area contributed by atoms with Crippen molar-refractivity contribution in [3.8, 4) is 0 Å². The van der Waals surface area contributed by atoms with Crippen LogP contribution in [0.15, 0.2) is 28.9 Å². The van der Waals surface area contributed by atoms with Crippen molar-refractivity contribution in [3.05, 3.63) is 50.2 Å². The number of halogens is 3. The molecule has 3 N–H and O–H groups in total. The molecule has 20 heavy (non-hydrogen) atoms. The van der Waals surface area contributed by atoms with Crippen molar-refractivity contribution in [2.75, 3.05) is 5.32 Å². The molecule has 0 fully saturated rings. The summed E-state index contributed by atoms with van der Waals surface area (Å²) in [5, 5.41) is 11.8. The van der Waals surface area contributed by atoms with Crippen LogP contribution in [0, 0.1) is 0 Å². The van der Waals surface area contributed by atoms with Gasteiger partial charge in [-0.2, -0.15) is 0 Å². The Morgan fingerprint density at radius 3 is 2.50 bits per heavy atom. The molecule has 0 unspecified atom stereocenters. The van der Waals surface area contributed by atoms with Gasteiger partial charge in [0.2, 0.25) is 0 Å². The standard InChI is InChI=1S/C12H7BrCl2N2O3/c13-5-1-9(16-4-5)11(18)17-10-7(12(19)20)2-6(14)3-8(10)15/h1-4,16H,(H,17,18)(H,19,20). The normalized spacial score (nSPS) is 10.3. The van der Waals surface area contributed by atoms with Crippen molar-refractivity contribution in [1.29, 1.82) is 0 Å². The van der Waals surface area contributed by atoms with Gasteiger partial charge in [-0.05, 0) is 34.1 Å². The highest BCUT2D eigenvalue weighted by molar-refractivity contribution is 9.10. The average molecular weight is 378 g/mol. The molecule has 0 aliphatic carbocycles. The third kappa shape index (κ3) is 3.15. The van der Waals surface area contributed by atoms with Crippen LogP contribution in [-0.4, -0.2) is 22.0 Å². The van der Waals surface area contributed by atoms with E-state index in [1.807, 2.05) is 0 Å². The third-order valence-electron chi connectivity index (χ3n) is 2.42. The molecule has 0 spiro atoms. The van der Waals surface area contributed by atoms with E-state index in [4.69, 9.17) is 28.3 Å². The number of hydrogen-bond acceptors (Lipinski definition) is 2. The molecule has 8 heteroatoms. The first-order chi connectivity index (χ1) is 9.38. The number of nitrogens with one attached hydrogen (secondary N) is 2. The fourth-order valence-electron chi connectivity index (χ4n) is 1.55. The summed E-state index contributed by atoms with van der Waals surface area (Å²) in [7, 11) is 0. The first kappa shape index (κ1) is 14.9. The van der Waals surface area contributed by atoms with Gasteiger partial charge < -0.3 is 15.4 Å². The Kier molecular flexibility index (Phi) is 4.37. The lowest BCUT2D eigenvalue weighted by atomic mass is 10.1. The van der Waals surface area contributed by atoms with Crippen LogP contribution in [0.25, 0.3) is 0 Å². The molecule has 0 saturated heterocycles. The second-order valence-corrected chi connectivity index (χ2v) is 5.56. The zero-order chi connectivity index (χ0) is 14.9.